The Kier molecular flexibility index (Phi) is 4.66. The van der Waals surface area contributed by atoms with Crippen molar-refractivity contribution in [3.8, 4) is 5.75 Å². The minimum absolute atomic E-state index is 0.00721. The lowest BCUT2D eigenvalue weighted by Crippen LogP contribution is -2.14. The number of rotatable bonds is 4. The second-order valence-corrected chi connectivity index (χ2v) is 6.88. The molecule has 0 aliphatic heterocycles. The Balaban J connectivity index is 1.85. The summed E-state index contributed by atoms with van der Waals surface area (Å²) in [5, 5.41) is 0.629. The van der Waals surface area contributed by atoms with Crippen molar-refractivity contribution >= 4 is 22.7 Å². The van der Waals surface area contributed by atoms with Crippen LogP contribution < -0.4 is 10.3 Å². The van der Waals surface area contributed by atoms with E-state index in [2.05, 4.69) is 9.97 Å². The average Bonchev–Trinajstić information content (AvgIpc) is 2.53. The Hall–Kier alpha value is -1.56. The smallest absolute Gasteiger partial charge is 0.261 e. The number of aromatic amines is 1. The van der Waals surface area contributed by atoms with Gasteiger partial charge < -0.3 is 9.72 Å². The Morgan fingerprint density at radius 2 is 2.14 bits per heavy atom. The van der Waals surface area contributed by atoms with Gasteiger partial charge in [-0.25, -0.2) is 9.37 Å². The van der Waals surface area contributed by atoms with Crippen LogP contribution in [0.4, 0.5) is 4.39 Å². The molecule has 0 spiro atoms. The van der Waals surface area contributed by atoms with Crippen molar-refractivity contribution in [2.75, 3.05) is 7.11 Å². The number of fused-ring (bicyclic) bond motifs is 1. The monoisotopic (exact) mass is 322 g/mol. The van der Waals surface area contributed by atoms with Gasteiger partial charge in [-0.1, -0.05) is 19.3 Å². The maximum Gasteiger partial charge on any atom is 0.261 e. The highest BCUT2D eigenvalue weighted by atomic mass is 32.2. The van der Waals surface area contributed by atoms with E-state index in [4.69, 9.17) is 4.74 Å². The van der Waals surface area contributed by atoms with E-state index < -0.39 is 11.4 Å². The summed E-state index contributed by atoms with van der Waals surface area (Å²) in [5.41, 5.74) is -0.0794. The molecule has 0 amide bonds. The second kappa shape index (κ2) is 6.69. The van der Waals surface area contributed by atoms with Crippen molar-refractivity contribution in [2.45, 2.75) is 43.1 Å². The molecule has 1 heterocycles. The molecule has 1 aromatic heterocycles. The normalized spacial score (nSPS) is 16.1. The number of hydrogen-bond acceptors (Lipinski definition) is 4. The van der Waals surface area contributed by atoms with Crippen molar-refractivity contribution < 1.29 is 9.13 Å². The van der Waals surface area contributed by atoms with Gasteiger partial charge in [0.25, 0.3) is 5.56 Å². The van der Waals surface area contributed by atoms with Crippen LogP contribution in [0.1, 0.15) is 37.9 Å². The molecule has 0 atom stereocenters. The molecule has 118 valence electrons. The molecule has 1 aliphatic carbocycles. The summed E-state index contributed by atoms with van der Waals surface area (Å²) in [7, 11) is 1.47. The molecule has 1 fully saturated rings. The zero-order valence-electron chi connectivity index (χ0n) is 12.5. The van der Waals surface area contributed by atoms with Gasteiger partial charge in [0.1, 0.15) is 22.8 Å². The minimum Gasteiger partial charge on any atom is -0.497 e. The summed E-state index contributed by atoms with van der Waals surface area (Å²) in [6, 6.07) is 2.80. The maximum atomic E-state index is 14.0. The molecule has 3 rings (SSSR count). The lowest BCUT2D eigenvalue weighted by atomic mass is 10.0. The lowest BCUT2D eigenvalue weighted by Gasteiger charge is -2.20. The summed E-state index contributed by atoms with van der Waals surface area (Å²) in [6.07, 6.45) is 6.33. The summed E-state index contributed by atoms with van der Waals surface area (Å²) in [4.78, 5) is 19.2. The van der Waals surface area contributed by atoms with Crippen molar-refractivity contribution in [1.82, 2.24) is 9.97 Å². The average molecular weight is 322 g/mol. The first-order valence-electron chi connectivity index (χ1n) is 7.55. The SMILES string of the molecule is COc1cc(F)c2c(=O)[nH]c(CSC3CCCCC3)nc2c1. The number of thioether (sulfide) groups is 1. The molecule has 0 radical (unpaired) electrons. The Bertz CT molecular complexity index is 726. The Morgan fingerprint density at radius 3 is 2.86 bits per heavy atom. The van der Waals surface area contributed by atoms with Gasteiger partial charge in [0, 0.05) is 17.4 Å². The van der Waals surface area contributed by atoms with Gasteiger partial charge in [-0.05, 0) is 12.8 Å². The maximum absolute atomic E-state index is 14.0. The molecule has 1 N–H and O–H groups in total. The van der Waals surface area contributed by atoms with Crippen LogP contribution in [-0.4, -0.2) is 22.3 Å². The fourth-order valence-corrected chi connectivity index (χ4v) is 4.06. The molecular weight excluding hydrogens is 303 g/mol. The highest BCUT2D eigenvalue weighted by Gasteiger charge is 2.15. The zero-order chi connectivity index (χ0) is 15.5. The van der Waals surface area contributed by atoms with E-state index >= 15 is 0 Å². The predicted octanol–water partition coefficient (Wildman–Crippen LogP) is 3.64. The number of H-pyrrole nitrogens is 1. The predicted molar refractivity (Wildman–Crippen MR) is 87.0 cm³/mol. The number of nitrogens with zero attached hydrogens (tertiary/aromatic N) is 1. The number of halogens is 1. The number of aromatic nitrogens is 2. The third kappa shape index (κ3) is 3.27. The molecule has 4 nitrogen and oxygen atoms in total. The number of hydrogen-bond donors (Lipinski definition) is 1. The van der Waals surface area contributed by atoms with Gasteiger partial charge in [-0.15, -0.1) is 0 Å². The molecular formula is C16H19FN2O2S. The van der Waals surface area contributed by atoms with Crippen molar-refractivity contribution in [3.05, 3.63) is 34.1 Å². The van der Waals surface area contributed by atoms with Crippen LogP contribution in [0.15, 0.2) is 16.9 Å². The highest BCUT2D eigenvalue weighted by Crippen LogP contribution is 2.30. The second-order valence-electron chi connectivity index (χ2n) is 5.59. The summed E-state index contributed by atoms with van der Waals surface area (Å²) in [6.45, 7) is 0. The van der Waals surface area contributed by atoms with Gasteiger partial charge in [0.15, 0.2) is 0 Å². The number of benzene rings is 1. The van der Waals surface area contributed by atoms with E-state index in [1.807, 2.05) is 11.8 Å². The molecule has 1 aromatic carbocycles. The van der Waals surface area contributed by atoms with Crippen LogP contribution >= 0.6 is 11.8 Å². The van der Waals surface area contributed by atoms with Gasteiger partial charge in [-0.3, -0.25) is 4.79 Å². The van der Waals surface area contributed by atoms with E-state index in [0.717, 1.165) is 0 Å². The van der Waals surface area contributed by atoms with E-state index in [1.165, 1.54) is 45.3 Å². The Morgan fingerprint density at radius 1 is 1.36 bits per heavy atom. The molecule has 0 bridgehead atoms. The standard InChI is InChI=1S/C16H19FN2O2S/c1-21-10-7-12(17)15-13(8-10)18-14(19-16(15)20)9-22-11-5-3-2-4-6-11/h7-8,11H,2-6,9H2,1H3,(H,18,19,20). The van der Waals surface area contributed by atoms with Gasteiger partial charge in [-0.2, -0.15) is 11.8 Å². The molecule has 1 saturated carbocycles. The van der Waals surface area contributed by atoms with Crippen LogP contribution in [0, 0.1) is 5.82 Å². The lowest BCUT2D eigenvalue weighted by molar-refractivity contribution is 0.412. The molecule has 6 heteroatoms. The molecule has 1 aliphatic rings. The van der Waals surface area contributed by atoms with E-state index in [1.54, 1.807) is 6.07 Å². The van der Waals surface area contributed by atoms with Crippen LogP contribution in [0.2, 0.25) is 0 Å². The van der Waals surface area contributed by atoms with E-state index in [-0.39, 0.29) is 5.39 Å². The largest absolute Gasteiger partial charge is 0.497 e. The van der Waals surface area contributed by atoms with Gasteiger partial charge in [0.05, 0.1) is 18.4 Å². The highest BCUT2D eigenvalue weighted by molar-refractivity contribution is 7.99. The zero-order valence-corrected chi connectivity index (χ0v) is 13.3. The first-order valence-corrected chi connectivity index (χ1v) is 8.60. The summed E-state index contributed by atoms with van der Waals surface area (Å²) < 4.78 is 19.0. The Labute approximate surface area is 132 Å². The topological polar surface area (TPSA) is 55.0 Å². The van der Waals surface area contributed by atoms with Crippen LogP contribution in [0.5, 0.6) is 5.75 Å². The van der Waals surface area contributed by atoms with Crippen molar-refractivity contribution in [1.29, 1.82) is 0 Å². The van der Waals surface area contributed by atoms with Gasteiger partial charge in [0.2, 0.25) is 0 Å². The number of nitrogens with one attached hydrogen (secondary N) is 1. The summed E-state index contributed by atoms with van der Waals surface area (Å²) >= 11 is 1.82. The molecule has 0 saturated heterocycles. The third-order valence-electron chi connectivity index (χ3n) is 4.03. The first-order chi connectivity index (χ1) is 10.7. The van der Waals surface area contributed by atoms with Crippen molar-refractivity contribution in [2.24, 2.45) is 0 Å². The summed E-state index contributed by atoms with van der Waals surface area (Å²) in [5.74, 6) is 1.01. The first kappa shape index (κ1) is 15.3. The molecule has 2 aromatic rings. The quantitative estimate of drug-likeness (QED) is 0.934. The third-order valence-corrected chi connectivity index (χ3v) is 5.41. The fourth-order valence-electron chi connectivity index (χ4n) is 2.86. The molecule has 0 unspecified atom stereocenters. The van der Waals surface area contributed by atoms with E-state index in [0.29, 0.717) is 28.1 Å². The van der Waals surface area contributed by atoms with Crippen LogP contribution in [-0.2, 0) is 5.75 Å². The fraction of sp³-hybridized carbons (Fsp3) is 0.500. The number of methoxy groups -OCH3 is 1. The van der Waals surface area contributed by atoms with E-state index in [9.17, 15) is 9.18 Å². The minimum atomic E-state index is -0.602. The van der Waals surface area contributed by atoms with Gasteiger partial charge >= 0.3 is 0 Å². The van der Waals surface area contributed by atoms with Crippen molar-refractivity contribution in [3.63, 3.8) is 0 Å². The number of ether oxygens (including phenoxy) is 1. The molecule has 22 heavy (non-hydrogen) atoms. The van der Waals surface area contributed by atoms with Crippen LogP contribution in [0.25, 0.3) is 10.9 Å². The van der Waals surface area contributed by atoms with Crippen LogP contribution in [0.3, 0.4) is 0 Å².